The van der Waals surface area contributed by atoms with Crippen molar-refractivity contribution in [2.45, 2.75) is 6.42 Å². The second-order valence-electron chi connectivity index (χ2n) is 5.04. The van der Waals surface area contributed by atoms with Crippen LogP contribution in [0.25, 0.3) is 0 Å². The Morgan fingerprint density at radius 3 is 2.88 bits per heavy atom. The van der Waals surface area contributed by atoms with Crippen LogP contribution in [0.1, 0.15) is 12.0 Å². The zero-order chi connectivity index (χ0) is 16.8. The van der Waals surface area contributed by atoms with Crippen LogP contribution in [0.4, 0.5) is 0 Å². The van der Waals surface area contributed by atoms with Crippen LogP contribution in [0.2, 0.25) is 5.02 Å². The summed E-state index contributed by atoms with van der Waals surface area (Å²) in [4.78, 5) is 5.20. The molecule has 0 amide bonds. The standard InChI is InChI=1S/C17H17ClN2O4/c18-13-4-1-3-12(9-13)17(19)20-24-8-2-7-21-14-5-6-15-16(10-14)23-11-22-15/h1,3-6,9-10H,2,7-8,11H2,(H2,19,20). The van der Waals surface area contributed by atoms with Crippen LogP contribution in [0.3, 0.4) is 0 Å². The van der Waals surface area contributed by atoms with Gasteiger partial charge in [-0.1, -0.05) is 28.9 Å². The average molecular weight is 349 g/mol. The van der Waals surface area contributed by atoms with Crippen molar-refractivity contribution in [3.63, 3.8) is 0 Å². The number of benzene rings is 2. The van der Waals surface area contributed by atoms with E-state index in [9.17, 15) is 0 Å². The Balaban J connectivity index is 1.39. The minimum Gasteiger partial charge on any atom is -0.493 e. The van der Waals surface area contributed by atoms with Crippen LogP contribution in [0.5, 0.6) is 17.2 Å². The van der Waals surface area contributed by atoms with Crippen molar-refractivity contribution in [1.82, 2.24) is 0 Å². The van der Waals surface area contributed by atoms with Crippen molar-refractivity contribution in [3.05, 3.63) is 53.1 Å². The highest BCUT2D eigenvalue weighted by Crippen LogP contribution is 2.35. The number of halogens is 1. The van der Waals surface area contributed by atoms with E-state index in [0.29, 0.717) is 30.4 Å². The molecule has 126 valence electrons. The van der Waals surface area contributed by atoms with Crippen molar-refractivity contribution in [1.29, 1.82) is 0 Å². The molecule has 0 saturated carbocycles. The molecule has 1 heterocycles. The maximum absolute atomic E-state index is 5.90. The van der Waals surface area contributed by atoms with Gasteiger partial charge >= 0.3 is 0 Å². The molecule has 0 fully saturated rings. The summed E-state index contributed by atoms with van der Waals surface area (Å²) in [7, 11) is 0. The first-order valence-electron chi connectivity index (χ1n) is 7.46. The second-order valence-corrected chi connectivity index (χ2v) is 5.47. The summed E-state index contributed by atoms with van der Waals surface area (Å²) in [6, 6.07) is 12.6. The van der Waals surface area contributed by atoms with E-state index in [1.165, 1.54) is 0 Å². The van der Waals surface area contributed by atoms with Gasteiger partial charge in [-0.15, -0.1) is 0 Å². The summed E-state index contributed by atoms with van der Waals surface area (Å²) >= 11 is 5.90. The molecule has 0 bridgehead atoms. The third-order valence-electron chi connectivity index (χ3n) is 3.28. The average Bonchev–Trinajstić information content (AvgIpc) is 3.05. The van der Waals surface area contributed by atoms with Gasteiger partial charge < -0.3 is 24.8 Å². The second kappa shape index (κ2) is 7.79. The van der Waals surface area contributed by atoms with Gasteiger partial charge in [0.05, 0.1) is 6.61 Å². The maximum atomic E-state index is 5.90. The van der Waals surface area contributed by atoms with Gasteiger partial charge in [0, 0.05) is 23.1 Å². The predicted molar refractivity (Wildman–Crippen MR) is 90.8 cm³/mol. The summed E-state index contributed by atoms with van der Waals surface area (Å²) in [5, 5.41) is 4.47. The predicted octanol–water partition coefficient (Wildman–Crippen LogP) is 3.17. The van der Waals surface area contributed by atoms with Gasteiger partial charge in [0.1, 0.15) is 12.4 Å². The Morgan fingerprint density at radius 2 is 2.00 bits per heavy atom. The Bertz CT molecular complexity index is 736. The minimum atomic E-state index is 0.249. The van der Waals surface area contributed by atoms with Gasteiger partial charge in [0.2, 0.25) is 6.79 Å². The Kier molecular flexibility index (Phi) is 5.28. The molecule has 2 aromatic carbocycles. The fraction of sp³-hybridized carbons (Fsp3) is 0.235. The number of hydrogen-bond donors (Lipinski definition) is 1. The summed E-state index contributed by atoms with van der Waals surface area (Å²) in [5.41, 5.74) is 6.55. The molecular formula is C17H17ClN2O4. The van der Waals surface area contributed by atoms with Crippen molar-refractivity contribution in [3.8, 4) is 17.2 Å². The van der Waals surface area contributed by atoms with E-state index >= 15 is 0 Å². The molecule has 3 rings (SSSR count). The number of hydrogen-bond acceptors (Lipinski definition) is 5. The normalized spacial score (nSPS) is 13.0. The molecule has 0 spiro atoms. The van der Waals surface area contributed by atoms with Gasteiger partial charge in [-0.2, -0.15) is 0 Å². The molecule has 0 radical (unpaired) electrons. The quantitative estimate of drug-likeness (QED) is 0.360. The lowest BCUT2D eigenvalue weighted by Crippen LogP contribution is -2.14. The third-order valence-corrected chi connectivity index (χ3v) is 3.51. The number of amidine groups is 1. The smallest absolute Gasteiger partial charge is 0.231 e. The van der Waals surface area contributed by atoms with Gasteiger partial charge in [-0.05, 0) is 24.3 Å². The highest BCUT2D eigenvalue weighted by molar-refractivity contribution is 6.31. The first-order valence-corrected chi connectivity index (χ1v) is 7.84. The van der Waals surface area contributed by atoms with Crippen molar-refractivity contribution in [2.75, 3.05) is 20.0 Å². The molecule has 0 aliphatic carbocycles. The summed E-state index contributed by atoms with van der Waals surface area (Å²) in [5.74, 6) is 2.44. The highest BCUT2D eigenvalue weighted by Gasteiger charge is 2.13. The lowest BCUT2D eigenvalue weighted by Gasteiger charge is -2.07. The fourth-order valence-corrected chi connectivity index (χ4v) is 2.29. The number of nitrogens with two attached hydrogens (primary N) is 1. The van der Waals surface area contributed by atoms with Gasteiger partial charge in [-0.25, -0.2) is 0 Å². The Morgan fingerprint density at radius 1 is 1.12 bits per heavy atom. The van der Waals surface area contributed by atoms with Crippen LogP contribution >= 0.6 is 11.6 Å². The summed E-state index contributed by atoms with van der Waals surface area (Å²) in [6.07, 6.45) is 0.667. The lowest BCUT2D eigenvalue weighted by atomic mass is 10.2. The molecule has 6 nitrogen and oxygen atoms in total. The molecule has 0 atom stereocenters. The van der Waals surface area contributed by atoms with Crippen molar-refractivity contribution >= 4 is 17.4 Å². The van der Waals surface area contributed by atoms with Gasteiger partial charge in [0.15, 0.2) is 17.3 Å². The van der Waals surface area contributed by atoms with E-state index in [1.807, 2.05) is 18.2 Å². The van der Waals surface area contributed by atoms with E-state index in [4.69, 9.17) is 36.4 Å². The fourth-order valence-electron chi connectivity index (χ4n) is 2.10. The monoisotopic (exact) mass is 348 g/mol. The van der Waals surface area contributed by atoms with E-state index in [1.54, 1.807) is 24.3 Å². The third kappa shape index (κ3) is 4.23. The van der Waals surface area contributed by atoms with E-state index in [-0.39, 0.29) is 12.6 Å². The highest BCUT2D eigenvalue weighted by atomic mass is 35.5. The molecule has 0 unspecified atom stereocenters. The number of rotatable bonds is 7. The van der Waals surface area contributed by atoms with E-state index in [0.717, 1.165) is 17.1 Å². The molecule has 1 aliphatic rings. The SMILES string of the molecule is NC(=NOCCCOc1ccc2c(c1)OCO2)c1cccc(Cl)c1. The number of ether oxygens (including phenoxy) is 3. The molecule has 0 saturated heterocycles. The zero-order valence-corrected chi connectivity index (χ0v) is 13.7. The van der Waals surface area contributed by atoms with Crippen molar-refractivity contribution in [2.24, 2.45) is 10.9 Å². The maximum Gasteiger partial charge on any atom is 0.231 e. The number of nitrogens with zero attached hydrogens (tertiary/aromatic N) is 1. The largest absolute Gasteiger partial charge is 0.493 e. The summed E-state index contributed by atoms with van der Waals surface area (Å²) in [6.45, 7) is 1.14. The first kappa shape index (κ1) is 16.3. The van der Waals surface area contributed by atoms with Crippen LogP contribution in [0.15, 0.2) is 47.6 Å². The Hall–Kier alpha value is -2.60. The molecule has 2 aromatic rings. The summed E-state index contributed by atoms with van der Waals surface area (Å²) < 4.78 is 16.2. The zero-order valence-electron chi connectivity index (χ0n) is 12.9. The van der Waals surface area contributed by atoms with Gasteiger partial charge in [0.25, 0.3) is 0 Å². The van der Waals surface area contributed by atoms with Crippen molar-refractivity contribution < 1.29 is 19.0 Å². The number of fused-ring (bicyclic) bond motifs is 1. The van der Waals surface area contributed by atoms with E-state index < -0.39 is 0 Å². The Labute approximate surface area is 144 Å². The van der Waals surface area contributed by atoms with Crippen LogP contribution in [-0.4, -0.2) is 25.8 Å². The van der Waals surface area contributed by atoms with Crippen LogP contribution in [-0.2, 0) is 4.84 Å². The van der Waals surface area contributed by atoms with Gasteiger partial charge in [-0.3, -0.25) is 0 Å². The molecule has 1 aliphatic heterocycles. The topological polar surface area (TPSA) is 75.3 Å². The molecular weight excluding hydrogens is 332 g/mol. The van der Waals surface area contributed by atoms with E-state index in [2.05, 4.69) is 5.16 Å². The minimum absolute atomic E-state index is 0.249. The molecule has 24 heavy (non-hydrogen) atoms. The van der Waals surface area contributed by atoms with Crippen LogP contribution < -0.4 is 19.9 Å². The first-order chi connectivity index (χ1) is 11.7. The molecule has 2 N–H and O–H groups in total. The van der Waals surface area contributed by atoms with Crippen LogP contribution in [0, 0.1) is 0 Å². The molecule has 0 aromatic heterocycles. The lowest BCUT2D eigenvalue weighted by molar-refractivity contribution is 0.127. The number of oxime groups is 1. The molecule has 7 heteroatoms.